The monoisotopic (exact) mass is 538 g/mol. The van der Waals surface area contributed by atoms with E-state index in [1.165, 1.54) is 0 Å². The van der Waals surface area contributed by atoms with Gasteiger partial charge in [0.05, 0.1) is 27.8 Å². The number of nitrogens with one attached hydrogen (secondary N) is 1. The first kappa shape index (κ1) is 32.7. The molecule has 0 unspecified atom stereocenters. The number of nitrogens with zero attached hydrogens (tertiary/aromatic N) is 4. The number of aliphatic hydroxyl groups is 1. The Kier molecular flexibility index (Phi) is 15.7. The molecule has 4 N–H and O–H groups in total. The Morgan fingerprint density at radius 2 is 1.92 bits per heavy atom. The summed E-state index contributed by atoms with van der Waals surface area (Å²) in [5, 5.41) is 17.0. The molecule has 0 aliphatic carbocycles. The second kappa shape index (κ2) is 17.3. The second-order valence-electron chi connectivity index (χ2n) is 7.54. The third-order valence-corrected chi connectivity index (χ3v) is 5.70. The van der Waals surface area contributed by atoms with E-state index in [2.05, 4.69) is 20.6 Å². The number of halogens is 1. The Morgan fingerprint density at radius 1 is 1.22 bits per heavy atom. The summed E-state index contributed by atoms with van der Waals surface area (Å²) in [4.78, 5) is 13.8. The van der Waals surface area contributed by atoms with Gasteiger partial charge in [-0.1, -0.05) is 43.6 Å². The Balaban J connectivity index is 0.00000123. The van der Waals surface area contributed by atoms with Gasteiger partial charge in [0.2, 0.25) is 5.88 Å². The van der Waals surface area contributed by atoms with Crippen molar-refractivity contribution in [1.82, 2.24) is 15.3 Å². The van der Waals surface area contributed by atoms with Crippen LogP contribution in [0.5, 0.6) is 5.88 Å². The van der Waals surface area contributed by atoms with Gasteiger partial charge < -0.3 is 26.2 Å². The molecule has 1 aliphatic heterocycles. The number of aliphatic hydroxyl groups excluding tert-OH is 1. The fourth-order valence-electron chi connectivity index (χ4n) is 3.73. The summed E-state index contributed by atoms with van der Waals surface area (Å²) >= 11 is 6.51. The average molecular weight is 539 g/mol. The van der Waals surface area contributed by atoms with Gasteiger partial charge in [0, 0.05) is 13.3 Å². The van der Waals surface area contributed by atoms with Crippen LogP contribution in [0, 0.1) is 0 Å². The summed E-state index contributed by atoms with van der Waals surface area (Å²) < 4.78 is 6.32. The maximum absolute atomic E-state index is 7.00. The predicted molar refractivity (Wildman–Crippen MR) is 145 cm³/mol. The topological polar surface area (TPSA) is 120 Å². The standard InChI is InChI=1S/C23H26ClN6O.C2H6.CH4O.K/c1-14(29-22(25)21-18(26-2)7-4-10-28-21)19-13-15-5-3-6-17(24)20(15)23(30-19)31-16-8-11-27-12-9-16;2*1-2;/h3-7,10,13-14,16,27H,8-9,11-12H2,1-2H3,(H2,25,29);1-2H3;2H,1H3;/q-1;;;+1/t14-;;;/m0.../s1. The minimum atomic E-state index is -0.300. The van der Waals surface area contributed by atoms with E-state index in [1.807, 2.05) is 57.2 Å². The molecule has 1 atom stereocenters. The number of ether oxygens (including phenoxy) is 1. The Labute approximate surface area is 261 Å². The molecule has 1 fully saturated rings. The van der Waals surface area contributed by atoms with E-state index < -0.39 is 0 Å². The van der Waals surface area contributed by atoms with Gasteiger partial charge in [-0.2, -0.15) is 0 Å². The average Bonchev–Trinajstić information content (AvgIpc) is 2.91. The fourth-order valence-corrected chi connectivity index (χ4v) is 4.00. The SMILES string of the molecule is CC.CO.C[N-]c1cccnc1C(N)=N[C@@H](C)c1cc2cccc(Cl)c2c(OC2CCNCC2)n1.[K+]. The van der Waals surface area contributed by atoms with Crippen molar-refractivity contribution >= 4 is 33.9 Å². The van der Waals surface area contributed by atoms with Gasteiger partial charge in [0.1, 0.15) is 11.9 Å². The van der Waals surface area contributed by atoms with Gasteiger partial charge >= 0.3 is 51.4 Å². The summed E-state index contributed by atoms with van der Waals surface area (Å²) in [6.07, 6.45) is 3.65. The van der Waals surface area contributed by atoms with E-state index >= 15 is 0 Å². The van der Waals surface area contributed by atoms with Crippen molar-refractivity contribution in [1.29, 1.82) is 0 Å². The smallest absolute Gasteiger partial charge is 0.685 e. The maximum atomic E-state index is 7.00. The molecule has 0 radical (unpaired) electrons. The first-order valence-electron chi connectivity index (χ1n) is 11.9. The fraction of sp³-hybridized carbons (Fsp3) is 0.423. The number of piperidine rings is 1. The molecule has 1 saturated heterocycles. The van der Waals surface area contributed by atoms with Crippen LogP contribution in [0.4, 0.5) is 5.69 Å². The molecule has 8 nitrogen and oxygen atoms in total. The molecule has 10 heteroatoms. The summed E-state index contributed by atoms with van der Waals surface area (Å²) in [5.41, 5.74) is 8.29. The molecule has 3 aromatic rings. The third-order valence-electron chi connectivity index (χ3n) is 5.39. The van der Waals surface area contributed by atoms with Gasteiger partial charge in [-0.05, 0) is 56.4 Å². The first-order valence-corrected chi connectivity index (χ1v) is 12.2. The van der Waals surface area contributed by atoms with Crippen LogP contribution in [0.3, 0.4) is 0 Å². The number of hydrogen-bond donors (Lipinski definition) is 3. The van der Waals surface area contributed by atoms with Crippen LogP contribution in [0.2, 0.25) is 5.02 Å². The van der Waals surface area contributed by atoms with Crippen LogP contribution >= 0.6 is 11.6 Å². The maximum Gasteiger partial charge on any atom is 1.00 e. The Morgan fingerprint density at radius 3 is 2.58 bits per heavy atom. The van der Waals surface area contributed by atoms with Crippen LogP contribution in [-0.2, 0) is 0 Å². The summed E-state index contributed by atoms with van der Waals surface area (Å²) in [5.74, 6) is 0.871. The van der Waals surface area contributed by atoms with Gasteiger partial charge in [0.15, 0.2) is 0 Å². The molecule has 36 heavy (non-hydrogen) atoms. The van der Waals surface area contributed by atoms with Gasteiger partial charge in [-0.3, -0.25) is 9.98 Å². The predicted octanol–water partition coefficient (Wildman–Crippen LogP) is 2.15. The van der Waals surface area contributed by atoms with E-state index in [4.69, 9.17) is 32.2 Å². The zero-order chi connectivity index (χ0) is 25.8. The quantitative estimate of drug-likeness (QED) is 0.251. The van der Waals surface area contributed by atoms with Crippen LogP contribution in [0.25, 0.3) is 16.1 Å². The molecule has 0 spiro atoms. The van der Waals surface area contributed by atoms with Crippen LogP contribution in [0.15, 0.2) is 47.6 Å². The van der Waals surface area contributed by atoms with Crippen LogP contribution in [-0.4, -0.2) is 54.3 Å². The second-order valence-corrected chi connectivity index (χ2v) is 7.95. The van der Waals surface area contributed by atoms with Crippen LogP contribution in [0.1, 0.15) is 51.0 Å². The minimum Gasteiger partial charge on any atom is -0.685 e. The zero-order valence-corrected chi connectivity index (χ0v) is 26.0. The van der Waals surface area contributed by atoms with Crippen molar-refractivity contribution in [3.05, 3.63) is 64.3 Å². The third kappa shape index (κ3) is 8.63. The van der Waals surface area contributed by atoms with Crippen molar-refractivity contribution in [2.24, 2.45) is 10.7 Å². The van der Waals surface area contributed by atoms with E-state index in [0.29, 0.717) is 28.1 Å². The largest absolute Gasteiger partial charge is 1.00 e. The molecule has 1 aliphatic rings. The number of pyridine rings is 2. The number of fused-ring (bicyclic) bond motifs is 1. The molecule has 2 aromatic heterocycles. The van der Waals surface area contributed by atoms with E-state index in [1.54, 1.807) is 13.2 Å². The number of aliphatic imine (C=N–C) groups is 1. The molecule has 3 heterocycles. The number of benzene rings is 1. The van der Waals surface area contributed by atoms with Crippen molar-refractivity contribution in [3.63, 3.8) is 0 Å². The van der Waals surface area contributed by atoms with E-state index in [9.17, 15) is 0 Å². The number of nitrogens with two attached hydrogens (primary N) is 1. The van der Waals surface area contributed by atoms with E-state index in [0.717, 1.165) is 49.5 Å². The summed E-state index contributed by atoms with van der Waals surface area (Å²) in [6.45, 7) is 7.82. The van der Waals surface area contributed by atoms with Gasteiger partial charge in [0.25, 0.3) is 0 Å². The normalized spacial score (nSPS) is 14.4. The molecule has 190 valence electrons. The van der Waals surface area contributed by atoms with Crippen LogP contribution < -0.4 is 67.2 Å². The van der Waals surface area contributed by atoms with Gasteiger partial charge in [-0.15, -0.1) is 12.7 Å². The van der Waals surface area contributed by atoms with E-state index in [-0.39, 0.29) is 63.5 Å². The Hall–Kier alpha value is -1.30. The first-order chi connectivity index (χ1) is 17.1. The zero-order valence-electron chi connectivity index (χ0n) is 22.1. The molecule has 1 aromatic carbocycles. The molecule has 0 bridgehead atoms. The summed E-state index contributed by atoms with van der Waals surface area (Å²) in [6, 6.07) is 11.2. The van der Waals surface area contributed by atoms with Crippen molar-refractivity contribution < 1.29 is 61.2 Å². The van der Waals surface area contributed by atoms with Gasteiger partial charge in [-0.25, -0.2) is 4.98 Å². The minimum absolute atomic E-state index is 0. The molecule has 0 amide bonds. The Bertz CT molecular complexity index is 1110. The number of aromatic nitrogens is 2. The van der Waals surface area contributed by atoms with Crippen molar-refractivity contribution in [3.8, 4) is 5.88 Å². The molecular formula is C26H36ClKN6O2. The molecule has 0 saturated carbocycles. The number of amidine groups is 1. The number of rotatable bonds is 6. The van der Waals surface area contributed by atoms with Crippen molar-refractivity contribution in [2.45, 2.75) is 45.8 Å². The summed E-state index contributed by atoms with van der Waals surface area (Å²) in [7, 11) is 2.70. The molecular weight excluding hydrogens is 503 g/mol. The van der Waals surface area contributed by atoms with Crippen molar-refractivity contribution in [2.75, 3.05) is 27.2 Å². The molecule has 4 rings (SSSR count). The number of hydrogen-bond acceptors (Lipinski definition) is 6.